The van der Waals surface area contributed by atoms with Crippen LogP contribution in [0.3, 0.4) is 0 Å². The molecule has 0 heterocycles. The zero-order valence-electron chi connectivity index (χ0n) is 6.01. The highest BCUT2D eigenvalue weighted by molar-refractivity contribution is 5.39. The summed E-state index contributed by atoms with van der Waals surface area (Å²) in [6, 6.07) is 3.21. The molecule has 0 fully saturated rings. The Hall–Kier alpha value is -1.47. The zero-order chi connectivity index (χ0) is 9.14. The number of aliphatic hydroxyl groups is 1. The van der Waals surface area contributed by atoms with Crippen LogP contribution in [0.15, 0.2) is 12.1 Å². The summed E-state index contributed by atoms with van der Waals surface area (Å²) >= 11 is 0. The monoisotopic (exact) mass is 169 g/mol. The molecule has 0 amide bonds. The number of halogens is 2. The van der Waals surface area contributed by atoms with E-state index in [0.717, 1.165) is 12.1 Å². The summed E-state index contributed by atoms with van der Waals surface area (Å²) < 4.78 is 25.5. The number of aliphatic hydroxyl groups excluding tert-OH is 1. The lowest BCUT2D eigenvalue weighted by Gasteiger charge is -2.01. The average molecular weight is 169 g/mol. The highest BCUT2D eigenvalue weighted by Gasteiger charge is 2.11. The Morgan fingerprint density at radius 2 is 1.92 bits per heavy atom. The van der Waals surface area contributed by atoms with E-state index >= 15 is 0 Å². The van der Waals surface area contributed by atoms with Crippen LogP contribution in [0.2, 0.25) is 0 Å². The van der Waals surface area contributed by atoms with E-state index in [1.165, 1.54) is 6.07 Å². The van der Waals surface area contributed by atoms with E-state index in [0.29, 0.717) is 0 Å². The fraction of sp³-hybridized carbons (Fsp3) is 0.125. The van der Waals surface area contributed by atoms with Crippen molar-refractivity contribution in [1.82, 2.24) is 0 Å². The predicted octanol–water partition coefficient (Wildman–Crippen LogP) is 1.33. The Morgan fingerprint density at radius 3 is 2.33 bits per heavy atom. The standard InChI is InChI=1S/C8H5F2NO/c9-7-1-2-8(10)6(4-12)5(7)3-11/h1-2,12H,4H2. The van der Waals surface area contributed by atoms with Crippen LogP contribution in [-0.2, 0) is 6.61 Å². The molecule has 0 unspecified atom stereocenters. The van der Waals surface area contributed by atoms with Gasteiger partial charge in [0.15, 0.2) is 0 Å². The fourth-order valence-corrected chi connectivity index (χ4v) is 0.869. The molecule has 4 heteroatoms. The molecule has 0 aliphatic rings. The lowest BCUT2D eigenvalue weighted by molar-refractivity contribution is 0.274. The maximum absolute atomic E-state index is 12.7. The summed E-state index contributed by atoms with van der Waals surface area (Å²) in [6.07, 6.45) is 0. The quantitative estimate of drug-likeness (QED) is 0.689. The summed E-state index contributed by atoms with van der Waals surface area (Å²) in [5, 5.41) is 17.0. The summed E-state index contributed by atoms with van der Waals surface area (Å²) in [7, 11) is 0. The van der Waals surface area contributed by atoms with Crippen molar-refractivity contribution in [2.75, 3.05) is 0 Å². The first-order chi connectivity index (χ1) is 5.70. The van der Waals surface area contributed by atoms with Crippen LogP contribution in [0.4, 0.5) is 8.78 Å². The maximum Gasteiger partial charge on any atom is 0.141 e. The summed E-state index contributed by atoms with van der Waals surface area (Å²) in [5.41, 5.74) is -0.727. The molecule has 0 aromatic heterocycles. The molecule has 0 atom stereocenters. The Morgan fingerprint density at radius 1 is 1.33 bits per heavy atom. The molecular weight excluding hydrogens is 164 g/mol. The van der Waals surface area contributed by atoms with Gasteiger partial charge in [0.05, 0.1) is 12.2 Å². The van der Waals surface area contributed by atoms with Crippen LogP contribution in [0, 0.1) is 23.0 Å². The van der Waals surface area contributed by atoms with Crippen molar-refractivity contribution in [3.8, 4) is 6.07 Å². The molecule has 1 N–H and O–H groups in total. The number of nitriles is 1. The minimum atomic E-state index is -0.817. The normalized spacial score (nSPS) is 9.50. The Kier molecular flexibility index (Phi) is 2.36. The van der Waals surface area contributed by atoms with E-state index in [1.807, 2.05) is 0 Å². The molecule has 12 heavy (non-hydrogen) atoms. The topological polar surface area (TPSA) is 44.0 Å². The van der Waals surface area contributed by atoms with Gasteiger partial charge in [-0.3, -0.25) is 0 Å². The van der Waals surface area contributed by atoms with Gasteiger partial charge in [-0.25, -0.2) is 8.78 Å². The molecule has 62 valence electrons. The van der Waals surface area contributed by atoms with Gasteiger partial charge < -0.3 is 5.11 Å². The first kappa shape index (κ1) is 8.62. The molecule has 2 nitrogen and oxygen atoms in total. The van der Waals surface area contributed by atoms with Crippen LogP contribution in [0.25, 0.3) is 0 Å². The van der Waals surface area contributed by atoms with Crippen LogP contribution in [0.5, 0.6) is 0 Å². The second kappa shape index (κ2) is 3.28. The maximum atomic E-state index is 12.7. The van der Waals surface area contributed by atoms with Gasteiger partial charge in [-0.15, -0.1) is 0 Å². The summed E-state index contributed by atoms with van der Waals surface area (Å²) in [4.78, 5) is 0. The Labute approximate surface area is 67.7 Å². The Bertz CT molecular complexity index is 344. The summed E-state index contributed by atoms with van der Waals surface area (Å²) in [5.74, 6) is -1.58. The average Bonchev–Trinajstić information content (AvgIpc) is 2.08. The molecule has 1 aromatic carbocycles. The van der Waals surface area contributed by atoms with Crippen molar-refractivity contribution in [2.24, 2.45) is 0 Å². The number of hydrogen-bond donors (Lipinski definition) is 1. The summed E-state index contributed by atoms with van der Waals surface area (Å²) in [6.45, 7) is -0.674. The molecule has 0 radical (unpaired) electrons. The largest absolute Gasteiger partial charge is 0.392 e. The van der Waals surface area contributed by atoms with Gasteiger partial charge in [0.25, 0.3) is 0 Å². The van der Waals surface area contributed by atoms with Gasteiger partial charge in [0.1, 0.15) is 17.7 Å². The van der Waals surface area contributed by atoms with Crippen molar-refractivity contribution in [3.05, 3.63) is 34.9 Å². The molecular formula is C8H5F2NO. The first-order valence-electron chi connectivity index (χ1n) is 3.18. The van der Waals surface area contributed by atoms with Crippen LogP contribution in [0.1, 0.15) is 11.1 Å². The van der Waals surface area contributed by atoms with E-state index < -0.39 is 23.8 Å². The third kappa shape index (κ3) is 1.27. The lowest BCUT2D eigenvalue weighted by atomic mass is 10.1. The van der Waals surface area contributed by atoms with Gasteiger partial charge in [-0.05, 0) is 12.1 Å². The van der Waals surface area contributed by atoms with E-state index in [4.69, 9.17) is 10.4 Å². The van der Waals surface area contributed by atoms with Crippen molar-refractivity contribution in [2.45, 2.75) is 6.61 Å². The molecule has 0 saturated carbocycles. The SMILES string of the molecule is N#Cc1c(F)ccc(F)c1CO. The fourth-order valence-electron chi connectivity index (χ4n) is 0.869. The van der Waals surface area contributed by atoms with Crippen molar-refractivity contribution < 1.29 is 13.9 Å². The molecule has 0 aliphatic carbocycles. The van der Waals surface area contributed by atoms with Crippen molar-refractivity contribution in [3.63, 3.8) is 0 Å². The van der Waals surface area contributed by atoms with Crippen molar-refractivity contribution >= 4 is 0 Å². The van der Waals surface area contributed by atoms with Crippen LogP contribution in [-0.4, -0.2) is 5.11 Å². The van der Waals surface area contributed by atoms with Gasteiger partial charge in [0.2, 0.25) is 0 Å². The second-order valence-electron chi connectivity index (χ2n) is 2.15. The van der Waals surface area contributed by atoms with Crippen LogP contribution >= 0.6 is 0 Å². The third-order valence-corrected chi connectivity index (χ3v) is 1.47. The Balaban J connectivity index is 3.41. The van der Waals surface area contributed by atoms with Crippen molar-refractivity contribution in [1.29, 1.82) is 5.26 Å². The highest BCUT2D eigenvalue weighted by Crippen LogP contribution is 2.16. The van der Waals surface area contributed by atoms with Gasteiger partial charge in [-0.2, -0.15) is 5.26 Å². The van der Waals surface area contributed by atoms with Gasteiger partial charge in [0, 0.05) is 5.56 Å². The minimum absolute atomic E-state index is 0.294. The van der Waals surface area contributed by atoms with E-state index in [9.17, 15) is 8.78 Å². The zero-order valence-corrected chi connectivity index (χ0v) is 6.01. The lowest BCUT2D eigenvalue weighted by Crippen LogP contribution is -1.97. The van der Waals surface area contributed by atoms with Crippen LogP contribution < -0.4 is 0 Å². The number of hydrogen-bond acceptors (Lipinski definition) is 2. The molecule has 1 aromatic rings. The third-order valence-electron chi connectivity index (χ3n) is 1.47. The molecule has 0 saturated heterocycles. The van der Waals surface area contributed by atoms with E-state index in [1.54, 1.807) is 0 Å². The van der Waals surface area contributed by atoms with Gasteiger partial charge >= 0.3 is 0 Å². The van der Waals surface area contributed by atoms with Gasteiger partial charge in [-0.1, -0.05) is 0 Å². The highest BCUT2D eigenvalue weighted by atomic mass is 19.1. The molecule has 1 rings (SSSR count). The van der Waals surface area contributed by atoms with E-state index in [-0.39, 0.29) is 5.56 Å². The number of rotatable bonds is 1. The molecule has 0 bridgehead atoms. The predicted molar refractivity (Wildman–Crippen MR) is 37.0 cm³/mol. The van der Waals surface area contributed by atoms with E-state index in [2.05, 4.69) is 0 Å². The molecule has 0 aliphatic heterocycles. The molecule has 0 spiro atoms. The number of nitrogens with zero attached hydrogens (tertiary/aromatic N) is 1. The first-order valence-corrected chi connectivity index (χ1v) is 3.18. The minimum Gasteiger partial charge on any atom is -0.392 e. The second-order valence-corrected chi connectivity index (χ2v) is 2.15. The smallest absolute Gasteiger partial charge is 0.141 e. The number of benzene rings is 1.